The van der Waals surface area contributed by atoms with Crippen LogP contribution in [0.5, 0.6) is 0 Å². The molecule has 2 amide bonds. The molecule has 8 heteroatoms. The van der Waals surface area contributed by atoms with Crippen molar-refractivity contribution < 1.29 is 14.7 Å². The summed E-state index contributed by atoms with van der Waals surface area (Å²) >= 11 is 1.41. The summed E-state index contributed by atoms with van der Waals surface area (Å²) in [6, 6.07) is 12.8. The minimum Gasteiger partial charge on any atom is -0.465 e. The molecule has 2 heterocycles. The molecule has 0 spiro atoms. The second-order valence-electron chi connectivity index (χ2n) is 8.42. The first-order valence-electron chi connectivity index (χ1n) is 10.0. The highest BCUT2D eigenvalue weighted by molar-refractivity contribution is 7.14. The van der Waals surface area contributed by atoms with E-state index in [9.17, 15) is 14.7 Å². The first-order chi connectivity index (χ1) is 14.6. The Hall–Kier alpha value is -3.13. The SMILES string of the molecule is Cc1sc(C(=O)N[C@H](CN(C(=O)O)C(C)(C)C)c2ccccc2)cc1-c1ccnn1C. The zero-order valence-corrected chi connectivity index (χ0v) is 19.2. The fraction of sp³-hybridized carbons (Fsp3) is 0.348. The van der Waals surface area contributed by atoms with Crippen molar-refractivity contribution in [3.05, 3.63) is 64.0 Å². The molecule has 164 valence electrons. The van der Waals surface area contributed by atoms with E-state index in [1.165, 1.54) is 16.2 Å². The Balaban J connectivity index is 1.89. The summed E-state index contributed by atoms with van der Waals surface area (Å²) in [5, 5.41) is 17.0. The quantitative estimate of drug-likeness (QED) is 0.581. The van der Waals surface area contributed by atoms with Crippen molar-refractivity contribution in [3.8, 4) is 11.3 Å². The van der Waals surface area contributed by atoms with E-state index in [0.29, 0.717) is 4.88 Å². The minimum absolute atomic E-state index is 0.146. The smallest absolute Gasteiger partial charge is 0.407 e. The Morgan fingerprint density at radius 1 is 1.23 bits per heavy atom. The third-order valence-corrected chi connectivity index (χ3v) is 6.20. The average molecular weight is 441 g/mol. The molecule has 0 aliphatic rings. The van der Waals surface area contributed by atoms with Gasteiger partial charge in [0.2, 0.25) is 0 Å². The number of nitrogens with one attached hydrogen (secondary N) is 1. The molecule has 2 aromatic heterocycles. The van der Waals surface area contributed by atoms with Crippen LogP contribution in [0.4, 0.5) is 4.79 Å². The van der Waals surface area contributed by atoms with Gasteiger partial charge in [0.25, 0.3) is 5.91 Å². The van der Waals surface area contributed by atoms with Crippen molar-refractivity contribution in [1.82, 2.24) is 20.0 Å². The van der Waals surface area contributed by atoms with Gasteiger partial charge in [0.1, 0.15) is 0 Å². The number of hydrogen-bond acceptors (Lipinski definition) is 4. The van der Waals surface area contributed by atoms with E-state index in [4.69, 9.17) is 0 Å². The number of nitrogens with zero attached hydrogens (tertiary/aromatic N) is 3. The summed E-state index contributed by atoms with van der Waals surface area (Å²) in [6.07, 6.45) is 0.707. The third kappa shape index (κ3) is 5.14. The molecule has 31 heavy (non-hydrogen) atoms. The lowest BCUT2D eigenvalue weighted by atomic mass is 10.0. The maximum absolute atomic E-state index is 13.2. The molecule has 0 aliphatic heterocycles. The van der Waals surface area contributed by atoms with Crippen LogP contribution in [-0.2, 0) is 7.05 Å². The normalized spacial score (nSPS) is 12.4. The van der Waals surface area contributed by atoms with Gasteiger partial charge < -0.3 is 15.3 Å². The van der Waals surface area contributed by atoms with E-state index in [0.717, 1.165) is 21.7 Å². The maximum Gasteiger partial charge on any atom is 0.407 e. The van der Waals surface area contributed by atoms with Gasteiger partial charge >= 0.3 is 6.09 Å². The summed E-state index contributed by atoms with van der Waals surface area (Å²) < 4.78 is 1.78. The number of carbonyl (C=O) groups excluding carboxylic acids is 1. The van der Waals surface area contributed by atoms with Crippen molar-refractivity contribution in [2.24, 2.45) is 7.05 Å². The number of carbonyl (C=O) groups is 2. The molecule has 1 atom stereocenters. The van der Waals surface area contributed by atoms with Crippen molar-refractivity contribution in [1.29, 1.82) is 0 Å². The summed E-state index contributed by atoms with van der Waals surface area (Å²) in [5.74, 6) is -0.227. The Kier molecular flexibility index (Phi) is 6.50. The van der Waals surface area contributed by atoms with Crippen LogP contribution in [-0.4, -0.2) is 43.9 Å². The maximum atomic E-state index is 13.2. The lowest BCUT2D eigenvalue weighted by Gasteiger charge is -2.36. The molecular weight excluding hydrogens is 412 g/mol. The molecule has 0 saturated carbocycles. The summed E-state index contributed by atoms with van der Waals surface area (Å²) in [7, 11) is 1.87. The zero-order chi connectivity index (χ0) is 22.8. The van der Waals surface area contributed by atoms with Crippen molar-refractivity contribution >= 4 is 23.3 Å². The molecule has 3 rings (SSSR count). The molecule has 0 aliphatic carbocycles. The predicted molar refractivity (Wildman–Crippen MR) is 122 cm³/mol. The monoisotopic (exact) mass is 440 g/mol. The van der Waals surface area contributed by atoms with E-state index >= 15 is 0 Å². The van der Waals surface area contributed by atoms with E-state index in [1.54, 1.807) is 10.9 Å². The fourth-order valence-corrected chi connectivity index (χ4v) is 4.39. The Morgan fingerprint density at radius 2 is 1.90 bits per heavy atom. The van der Waals surface area contributed by atoms with Gasteiger partial charge in [-0.15, -0.1) is 11.3 Å². The minimum atomic E-state index is -1.02. The molecule has 3 aromatic rings. The van der Waals surface area contributed by atoms with E-state index in [1.807, 2.05) is 77.2 Å². The number of thiophene rings is 1. The van der Waals surface area contributed by atoms with Crippen molar-refractivity contribution in [2.75, 3.05) is 6.54 Å². The van der Waals surface area contributed by atoms with Crippen LogP contribution in [0.2, 0.25) is 0 Å². The van der Waals surface area contributed by atoms with Crippen molar-refractivity contribution in [3.63, 3.8) is 0 Å². The van der Waals surface area contributed by atoms with Crippen LogP contribution in [0, 0.1) is 6.92 Å². The molecular formula is C23H28N4O3S. The average Bonchev–Trinajstić information content (AvgIpc) is 3.29. The number of carboxylic acid groups (broad SMARTS) is 1. The highest BCUT2D eigenvalue weighted by Gasteiger charge is 2.30. The van der Waals surface area contributed by atoms with Gasteiger partial charge in [0, 0.05) is 35.8 Å². The first-order valence-corrected chi connectivity index (χ1v) is 10.8. The lowest BCUT2D eigenvalue weighted by Crippen LogP contribution is -2.49. The third-order valence-electron chi connectivity index (χ3n) is 5.15. The number of rotatable bonds is 6. The molecule has 0 fully saturated rings. The second kappa shape index (κ2) is 8.93. The highest BCUT2D eigenvalue weighted by Crippen LogP contribution is 2.31. The van der Waals surface area contributed by atoms with Crippen LogP contribution in [0.3, 0.4) is 0 Å². The molecule has 0 saturated heterocycles. The second-order valence-corrected chi connectivity index (χ2v) is 9.68. The number of aromatic nitrogens is 2. The van der Waals surface area contributed by atoms with E-state index in [-0.39, 0.29) is 12.5 Å². The molecule has 7 nitrogen and oxygen atoms in total. The molecule has 0 unspecified atom stereocenters. The summed E-state index contributed by atoms with van der Waals surface area (Å²) in [5.41, 5.74) is 2.16. The highest BCUT2D eigenvalue weighted by atomic mass is 32.1. The molecule has 0 bridgehead atoms. The first kappa shape index (κ1) is 22.6. The van der Waals surface area contributed by atoms with Crippen molar-refractivity contribution in [2.45, 2.75) is 39.3 Å². The number of aryl methyl sites for hydroxylation is 2. The van der Waals surface area contributed by atoms with Gasteiger partial charge in [-0.3, -0.25) is 9.48 Å². The summed E-state index contributed by atoms with van der Waals surface area (Å²) in [6.45, 7) is 7.65. The lowest BCUT2D eigenvalue weighted by molar-refractivity contribution is 0.0824. The van der Waals surface area contributed by atoms with Gasteiger partial charge in [-0.1, -0.05) is 30.3 Å². The van der Waals surface area contributed by atoms with Crippen LogP contribution in [0.1, 0.15) is 46.9 Å². The topological polar surface area (TPSA) is 87.5 Å². The standard InChI is InChI=1S/C23H28N4O3S/c1-15-17(19-11-12-24-26(19)5)13-20(31-15)21(28)25-18(16-9-7-6-8-10-16)14-27(22(29)30)23(2,3)4/h6-13,18H,14H2,1-5H3,(H,25,28)(H,29,30)/t18-/m1/s1. The Bertz CT molecular complexity index is 1070. The predicted octanol–water partition coefficient (Wildman–Crippen LogP) is 4.71. The van der Waals surface area contributed by atoms with Gasteiger partial charge in [0.15, 0.2) is 0 Å². The van der Waals surface area contributed by atoms with Crippen LogP contribution < -0.4 is 5.32 Å². The number of amides is 2. The van der Waals surface area contributed by atoms with Crippen LogP contribution in [0.25, 0.3) is 11.3 Å². The van der Waals surface area contributed by atoms with E-state index < -0.39 is 17.7 Å². The fourth-order valence-electron chi connectivity index (χ4n) is 3.46. The van der Waals surface area contributed by atoms with Gasteiger partial charge in [-0.05, 0) is 45.4 Å². The Labute approximate surface area is 186 Å². The largest absolute Gasteiger partial charge is 0.465 e. The Morgan fingerprint density at radius 3 is 2.45 bits per heavy atom. The molecule has 1 aromatic carbocycles. The van der Waals surface area contributed by atoms with Gasteiger partial charge in [-0.2, -0.15) is 5.10 Å². The molecule has 2 N–H and O–H groups in total. The number of benzene rings is 1. The van der Waals surface area contributed by atoms with Gasteiger partial charge in [0.05, 0.1) is 16.6 Å². The van der Waals surface area contributed by atoms with Gasteiger partial charge in [-0.25, -0.2) is 4.79 Å². The van der Waals surface area contributed by atoms with Crippen LogP contribution in [0.15, 0.2) is 48.7 Å². The number of hydrogen-bond donors (Lipinski definition) is 2. The zero-order valence-electron chi connectivity index (χ0n) is 18.4. The molecule has 0 radical (unpaired) electrons. The van der Waals surface area contributed by atoms with E-state index in [2.05, 4.69) is 10.4 Å². The summed E-state index contributed by atoms with van der Waals surface area (Å²) in [4.78, 5) is 28.0. The van der Waals surface area contributed by atoms with Crippen LogP contribution >= 0.6 is 11.3 Å².